The van der Waals surface area contributed by atoms with Crippen molar-refractivity contribution in [2.24, 2.45) is 0 Å². The van der Waals surface area contributed by atoms with E-state index in [2.05, 4.69) is 15.5 Å². The van der Waals surface area contributed by atoms with E-state index >= 15 is 0 Å². The molecule has 2 rings (SSSR count). The van der Waals surface area contributed by atoms with Crippen molar-refractivity contribution in [1.29, 1.82) is 0 Å². The highest BCUT2D eigenvalue weighted by atomic mass is 16.4. The molecule has 0 saturated heterocycles. The normalized spacial score (nSPS) is 12.6. The van der Waals surface area contributed by atoms with Gasteiger partial charge in [0, 0.05) is 5.39 Å². The van der Waals surface area contributed by atoms with Gasteiger partial charge in [-0.05, 0) is 12.5 Å². The predicted molar refractivity (Wildman–Crippen MR) is 61.4 cm³/mol. The van der Waals surface area contributed by atoms with Crippen LogP contribution in [0.15, 0.2) is 24.4 Å². The number of fused-ring (bicyclic) bond motifs is 1. The van der Waals surface area contributed by atoms with Gasteiger partial charge in [0.05, 0.1) is 17.4 Å². The van der Waals surface area contributed by atoms with Crippen LogP contribution in [0.25, 0.3) is 10.9 Å². The van der Waals surface area contributed by atoms with Crippen molar-refractivity contribution in [3.8, 4) is 0 Å². The Hall–Kier alpha value is -2.04. The molecule has 1 aromatic heterocycles. The summed E-state index contributed by atoms with van der Waals surface area (Å²) in [7, 11) is 0. The van der Waals surface area contributed by atoms with Gasteiger partial charge >= 0.3 is 5.97 Å². The largest absolute Gasteiger partial charge is 0.480 e. The van der Waals surface area contributed by atoms with Crippen LogP contribution in [0.5, 0.6) is 0 Å². The van der Waals surface area contributed by atoms with Gasteiger partial charge in [-0.3, -0.25) is 5.10 Å². The highest BCUT2D eigenvalue weighted by Crippen LogP contribution is 2.21. The highest BCUT2D eigenvalue weighted by molar-refractivity contribution is 5.91. The Balaban J connectivity index is 2.33. The Morgan fingerprint density at radius 3 is 3.12 bits per heavy atom. The van der Waals surface area contributed by atoms with Gasteiger partial charge in [-0.2, -0.15) is 5.10 Å². The zero-order valence-corrected chi connectivity index (χ0v) is 8.90. The van der Waals surface area contributed by atoms with Crippen LogP contribution in [0.2, 0.25) is 0 Å². The van der Waals surface area contributed by atoms with Gasteiger partial charge in [0.1, 0.15) is 6.04 Å². The van der Waals surface area contributed by atoms with E-state index in [1.807, 2.05) is 25.1 Å². The summed E-state index contributed by atoms with van der Waals surface area (Å²) in [5.74, 6) is -0.848. The number of carbonyl (C=O) groups is 1. The van der Waals surface area contributed by atoms with Crippen molar-refractivity contribution in [3.05, 3.63) is 24.4 Å². The molecule has 0 aliphatic carbocycles. The molecule has 5 heteroatoms. The quantitative estimate of drug-likeness (QED) is 0.733. The van der Waals surface area contributed by atoms with Gasteiger partial charge in [-0.1, -0.05) is 19.1 Å². The average Bonchev–Trinajstić information content (AvgIpc) is 2.73. The van der Waals surface area contributed by atoms with E-state index in [0.29, 0.717) is 6.42 Å². The number of nitrogens with one attached hydrogen (secondary N) is 2. The lowest BCUT2D eigenvalue weighted by Gasteiger charge is -2.13. The standard InChI is InChI=1S/C11H13N3O2/c1-2-8(11(15)16)13-9-5-3-4-7-6-12-14-10(7)9/h3-6,8,13H,2H2,1H3,(H,12,14)(H,15,16). The second-order valence-electron chi connectivity index (χ2n) is 3.58. The van der Waals surface area contributed by atoms with E-state index in [1.165, 1.54) is 0 Å². The Kier molecular flexibility index (Phi) is 2.76. The summed E-state index contributed by atoms with van der Waals surface area (Å²) in [4.78, 5) is 10.9. The number of para-hydroxylation sites is 1. The molecule has 0 radical (unpaired) electrons. The number of H-pyrrole nitrogens is 1. The third kappa shape index (κ3) is 1.84. The van der Waals surface area contributed by atoms with Crippen molar-refractivity contribution >= 4 is 22.6 Å². The topological polar surface area (TPSA) is 78.0 Å². The van der Waals surface area contributed by atoms with Crippen LogP contribution in [0.1, 0.15) is 13.3 Å². The van der Waals surface area contributed by atoms with E-state index in [-0.39, 0.29) is 0 Å². The first-order valence-corrected chi connectivity index (χ1v) is 5.13. The maximum Gasteiger partial charge on any atom is 0.326 e. The Morgan fingerprint density at radius 1 is 1.62 bits per heavy atom. The Labute approximate surface area is 92.5 Å². The number of aromatic amines is 1. The lowest BCUT2D eigenvalue weighted by Crippen LogP contribution is -2.28. The van der Waals surface area contributed by atoms with Gasteiger partial charge in [0.2, 0.25) is 0 Å². The fourth-order valence-corrected chi connectivity index (χ4v) is 1.62. The number of aromatic nitrogens is 2. The van der Waals surface area contributed by atoms with E-state index in [4.69, 9.17) is 5.11 Å². The molecular formula is C11H13N3O2. The van der Waals surface area contributed by atoms with Crippen LogP contribution in [0, 0.1) is 0 Å². The minimum atomic E-state index is -0.848. The molecule has 0 bridgehead atoms. The van der Waals surface area contributed by atoms with Crippen LogP contribution in [0.4, 0.5) is 5.69 Å². The third-order valence-corrected chi connectivity index (χ3v) is 2.51. The molecule has 0 saturated carbocycles. The van der Waals surface area contributed by atoms with Gasteiger partial charge < -0.3 is 10.4 Å². The van der Waals surface area contributed by atoms with Gasteiger partial charge in [0.25, 0.3) is 0 Å². The average molecular weight is 219 g/mol. The maximum atomic E-state index is 10.9. The van der Waals surface area contributed by atoms with Crippen LogP contribution < -0.4 is 5.32 Å². The first kappa shape index (κ1) is 10.5. The molecule has 0 fully saturated rings. The second kappa shape index (κ2) is 4.22. The zero-order valence-electron chi connectivity index (χ0n) is 8.90. The molecule has 0 spiro atoms. The van der Waals surface area contributed by atoms with Crippen molar-refractivity contribution < 1.29 is 9.90 Å². The molecule has 5 nitrogen and oxygen atoms in total. The lowest BCUT2D eigenvalue weighted by molar-refractivity contribution is -0.137. The maximum absolute atomic E-state index is 10.9. The van der Waals surface area contributed by atoms with Crippen molar-refractivity contribution in [2.45, 2.75) is 19.4 Å². The number of rotatable bonds is 4. The van der Waals surface area contributed by atoms with Crippen LogP contribution in [0.3, 0.4) is 0 Å². The molecule has 2 aromatic rings. The fraction of sp³-hybridized carbons (Fsp3) is 0.273. The number of hydrogen-bond donors (Lipinski definition) is 3. The molecule has 0 amide bonds. The zero-order chi connectivity index (χ0) is 11.5. The first-order valence-electron chi connectivity index (χ1n) is 5.13. The van der Waals surface area contributed by atoms with E-state index in [9.17, 15) is 4.79 Å². The van der Waals surface area contributed by atoms with E-state index in [0.717, 1.165) is 16.6 Å². The van der Waals surface area contributed by atoms with Crippen LogP contribution in [-0.4, -0.2) is 27.3 Å². The number of hydrogen-bond acceptors (Lipinski definition) is 3. The number of benzene rings is 1. The molecule has 1 aromatic carbocycles. The number of carboxylic acid groups (broad SMARTS) is 1. The summed E-state index contributed by atoms with van der Waals surface area (Å²) < 4.78 is 0. The fourth-order valence-electron chi connectivity index (χ4n) is 1.62. The third-order valence-electron chi connectivity index (χ3n) is 2.51. The van der Waals surface area contributed by atoms with Crippen molar-refractivity contribution in [1.82, 2.24) is 10.2 Å². The first-order chi connectivity index (χ1) is 7.72. The van der Waals surface area contributed by atoms with Gasteiger partial charge in [-0.15, -0.1) is 0 Å². The highest BCUT2D eigenvalue weighted by Gasteiger charge is 2.15. The molecule has 1 heterocycles. The van der Waals surface area contributed by atoms with Crippen LogP contribution in [-0.2, 0) is 4.79 Å². The summed E-state index contributed by atoms with van der Waals surface area (Å²) in [6.07, 6.45) is 2.24. The minimum absolute atomic E-state index is 0.528. The van der Waals surface area contributed by atoms with Crippen molar-refractivity contribution in [3.63, 3.8) is 0 Å². The second-order valence-corrected chi connectivity index (χ2v) is 3.58. The number of aliphatic carboxylic acids is 1. The van der Waals surface area contributed by atoms with Gasteiger partial charge in [0.15, 0.2) is 0 Å². The van der Waals surface area contributed by atoms with Crippen molar-refractivity contribution in [2.75, 3.05) is 5.32 Å². The molecule has 3 N–H and O–H groups in total. The lowest BCUT2D eigenvalue weighted by atomic mass is 10.2. The molecule has 16 heavy (non-hydrogen) atoms. The van der Waals surface area contributed by atoms with E-state index in [1.54, 1.807) is 6.20 Å². The summed E-state index contributed by atoms with van der Waals surface area (Å²) in [5.41, 5.74) is 1.60. The summed E-state index contributed by atoms with van der Waals surface area (Å²) in [6, 6.07) is 5.06. The molecule has 0 aliphatic rings. The molecule has 84 valence electrons. The number of anilines is 1. The Bertz CT molecular complexity index is 507. The Morgan fingerprint density at radius 2 is 2.44 bits per heavy atom. The summed E-state index contributed by atoms with van der Waals surface area (Å²) in [5, 5.41) is 19.7. The SMILES string of the molecule is CCC(Nc1cccc2cn[nH]c12)C(=O)O. The number of carboxylic acids is 1. The molecule has 1 atom stereocenters. The molecule has 1 unspecified atom stereocenters. The van der Waals surface area contributed by atoms with Gasteiger partial charge in [-0.25, -0.2) is 4.79 Å². The predicted octanol–water partition coefficient (Wildman–Crippen LogP) is 1.84. The smallest absolute Gasteiger partial charge is 0.326 e. The molecule has 0 aliphatic heterocycles. The monoisotopic (exact) mass is 219 g/mol. The van der Waals surface area contributed by atoms with Crippen LogP contribution >= 0.6 is 0 Å². The summed E-state index contributed by atoms with van der Waals surface area (Å²) >= 11 is 0. The minimum Gasteiger partial charge on any atom is -0.480 e. The molecular weight excluding hydrogens is 206 g/mol. The van der Waals surface area contributed by atoms with E-state index < -0.39 is 12.0 Å². The summed E-state index contributed by atoms with van der Waals surface area (Å²) in [6.45, 7) is 1.83. The number of nitrogens with zero attached hydrogens (tertiary/aromatic N) is 1.